The molecule has 0 aromatic heterocycles. The van der Waals surface area contributed by atoms with E-state index in [4.69, 9.17) is 10.5 Å². The van der Waals surface area contributed by atoms with Gasteiger partial charge in [0.1, 0.15) is 5.75 Å². The smallest absolute Gasteiger partial charge is 0.430 e. The molecule has 0 aliphatic carbocycles. The molecule has 1 aliphatic heterocycles. The molecule has 0 saturated heterocycles. The van der Waals surface area contributed by atoms with Crippen molar-refractivity contribution in [2.75, 3.05) is 12.3 Å². The summed E-state index contributed by atoms with van der Waals surface area (Å²) in [7, 11) is 0. The summed E-state index contributed by atoms with van der Waals surface area (Å²) in [5.41, 5.74) is 5.65. The summed E-state index contributed by atoms with van der Waals surface area (Å²) in [6, 6.07) is 4.19. The van der Waals surface area contributed by atoms with Gasteiger partial charge in [-0.1, -0.05) is 0 Å². The minimum atomic E-state index is -4.71. The Morgan fingerprint density at radius 1 is 1.45 bits per heavy atom. The fraction of sp³-hybridized carbons (Fsp3) is 0.308. The number of benzene rings is 1. The highest BCUT2D eigenvalue weighted by atomic mass is 19.4. The van der Waals surface area contributed by atoms with Gasteiger partial charge in [0, 0.05) is 11.3 Å². The normalized spacial score (nSPS) is 17.8. The molecule has 0 amide bonds. The van der Waals surface area contributed by atoms with Crippen LogP contribution in [0.4, 0.5) is 18.9 Å². The second-order valence-electron chi connectivity index (χ2n) is 4.16. The molecule has 0 bridgehead atoms. The minimum absolute atomic E-state index is 0.0228. The van der Waals surface area contributed by atoms with Crippen LogP contribution in [0.25, 0.3) is 6.08 Å². The number of nitrogens with two attached hydrogens (primary N) is 1. The van der Waals surface area contributed by atoms with Crippen molar-refractivity contribution >= 4 is 17.7 Å². The summed E-state index contributed by atoms with van der Waals surface area (Å²) in [5.74, 6) is -1.03. The van der Waals surface area contributed by atoms with Crippen molar-refractivity contribution in [3.8, 4) is 5.75 Å². The molecule has 1 heterocycles. The Hall–Kier alpha value is -2.18. The molecule has 2 N–H and O–H groups in total. The van der Waals surface area contributed by atoms with Crippen LogP contribution in [0.3, 0.4) is 0 Å². The highest BCUT2D eigenvalue weighted by Gasteiger charge is 2.48. The topological polar surface area (TPSA) is 61.5 Å². The Bertz CT molecular complexity index is 566. The van der Waals surface area contributed by atoms with Crippen molar-refractivity contribution in [1.29, 1.82) is 0 Å². The predicted octanol–water partition coefficient (Wildman–Crippen LogP) is 2.54. The monoisotopic (exact) mass is 287 g/mol. The third-order valence-electron chi connectivity index (χ3n) is 2.68. The predicted molar refractivity (Wildman–Crippen MR) is 65.9 cm³/mol. The van der Waals surface area contributed by atoms with Crippen LogP contribution in [0.15, 0.2) is 23.8 Å². The molecule has 7 heteroatoms. The Labute approximate surface area is 113 Å². The molecule has 0 spiro atoms. The zero-order chi connectivity index (χ0) is 14.9. The van der Waals surface area contributed by atoms with Crippen LogP contribution in [0, 0.1) is 0 Å². The summed E-state index contributed by atoms with van der Waals surface area (Å²) in [6.45, 7) is 1.49. The van der Waals surface area contributed by atoms with Gasteiger partial charge in [-0.3, -0.25) is 0 Å². The average Bonchev–Trinajstić information content (AvgIpc) is 2.36. The number of alkyl halides is 3. The first-order valence-electron chi connectivity index (χ1n) is 5.84. The van der Waals surface area contributed by atoms with E-state index in [-0.39, 0.29) is 12.4 Å². The molecule has 4 nitrogen and oxygen atoms in total. The molecular formula is C13H12F3NO3. The molecule has 108 valence electrons. The van der Waals surface area contributed by atoms with E-state index in [1.165, 1.54) is 25.1 Å². The first-order valence-corrected chi connectivity index (χ1v) is 5.84. The van der Waals surface area contributed by atoms with Crippen LogP contribution < -0.4 is 10.5 Å². The highest BCUT2D eigenvalue weighted by molar-refractivity contribution is 5.96. The van der Waals surface area contributed by atoms with Crippen molar-refractivity contribution in [2.24, 2.45) is 0 Å². The molecular weight excluding hydrogens is 275 g/mol. The van der Waals surface area contributed by atoms with Gasteiger partial charge in [-0.15, -0.1) is 0 Å². The fourth-order valence-corrected chi connectivity index (χ4v) is 1.84. The second-order valence-corrected chi connectivity index (χ2v) is 4.16. The molecule has 0 fully saturated rings. The molecule has 1 aromatic carbocycles. The van der Waals surface area contributed by atoms with E-state index in [1.54, 1.807) is 0 Å². The van der Waals surface area contributed by atoms with E-state index in [1.807, 2.05) is 0 Å². The van der Waals surface area contributed by atoms with Gasteiger partial charge in [-0.2, -0.15) is 13.2 Å². The van der Waals surface area contributed by atoms with Crippen molar-refractivity contribution in [3.63, 3.8) is 0 Å². The number of carbonyl (C=O) groups is 1. The Morgan fingerprint density at radius 2 is 2.15 bits per heavy atom. The van der Waals surface area contributed by atoms with E-state index in [0.717, 1.165) is 6.08 Å². The molecule has 1 aliphatic rings. The first kappa shape index (κ1) is 14.2. The van der Waals surface area contributed by atoms with Crippen molar-refractivity contribution in [3.05, 3.63) is 29.3 Å². The summed E-state index contributed by atoms with van der Waals surface area (Å²) in [5, 5.41) is 0. The lowest BCUT2D eigenvalue weighted by Crippen LogP contribution is -2.40. The van der Waals surface area contributed by atoms with Crippen LogP contribution in [-0.4, -0.2) is 24.9 Å². The summed E-state index contributed by atoms with van der Waals surface area (Å²) in [4.78, 5) is 11.6. The number of rotatable bonds is 2. The summed E-state index contributed by atoms with van der Waals surface area (Å²) < 4.78 is 48.4. The largest absolute Gasteiger partial charge is 0.475 e. The molecule has 1 aromatic rings. The van der Waals surface area contributed by atoms with E-state index in [0.29, 0.717) is 11.3 Å². The van der Waals surface area contributed by atoms with Crippen LogP contribution in [0.1, 0.15) is 12.5 Å². The van der Waals surface area contributed by atoms with Crippen LogP contribution in [0.2, 0.25) is 0 Å². The van der Waals surface area contributed by atoms with Gasteiger partial charge < -0.3 is 15.2 Å². The number of carbonyl (C=O) groups excluding carboxylic acids is 1. The second kappa shape index (κ2) is 5.07. The number of halogens is 3. The fourth-order valence-electron chi connectivity index (χ4n) is 1.84. The lowest BCUT2D eigenvalue weighted by atomic mass is 10.0. The van der Waals surface area contributed by atoms with Crippen LogP contribution in [0.5, 0.6) is 5.75 Å². The zero-order valence-electron chi connectivity index (χ0n) is 10.5. The molecule has 1 unspecified atom stereocenters. The van der Waals surface area contributed by atoms with Gasteiger partial charge in [0.05, 0.1) is 12.2 Å². The number of hydrogen-bond donors (Lipinski definition) is 1. The van der Waals surface area contributed by atoms with Crippen molar-refractivity contribution < 1.29 is 27.4 Å². The van der Waals surface area contributed by atoms with Gasteiger partial charge >= 0.3 is 12.1 Å². The average molecular weight is 287 g/mol. The van der Waals surface area contributed by atoms with E-state index >= 15 is 0 Å². The third kappa shape index (κ3) is 2.71. The number of ether oxygens (including phenoxy) is 2. The summed E-state index contributed by atoms with van der Waals surface area (Å²) in [6.07, 6.45) is -5.94. The van der Waals surface area contributed by atoms with Gasteiger partial charge in [0.15, 0.2) is 0 Å². The van der Waals surface area contributed by atoms with Gasteiger partial charge in [-0.25, -0.2) is 4.79 Å². The standard InChI is InChI=1S/C13H12F3NO3/c1-2-19-12(18)9-6-7-5-8(17)3-4-10(7)20-11(9)13(14,15)16/h3-6,11H,2,17H2,1H3. The molecule has 0 saturated carbocycles. The van der Waals surface area contributed by atoms with Gasteiger partial charge in [-0.05, 0) is 31.2 Å². The number of nitrogen functional groups attached to an aromatic ring is 1. The lowest BCUT2D eigenvalue weighted by molar-refractivity contribution is -0.187. The maximum absolute atomic E-state index is 13.0. The van der Waals surface area contributed by atoms with E-state index < -0.39 is 23.8 Å². The SMILES string of the molecule is CCOC(=O)C1=Cc2cc(N)ccc2OC1C(F)(F)F. The number of esters is 1. The Kier molecular flexibility index (Phi) is 3.61. The quantitative estimate of drug-likeness (QED) is 0.670. The lowest BCUT2D eigenvalue weighted by Gasteiger charge is -2.27. The van der Waals surface area contributed by atoms with Crippen LogP contribution >= 0.6 is 0 Å². The Morgan fingerprint density at radius 3 is 2.75 bits per heavy atom. The zero-order valence-corrected chi connectivity index (χ0v) is 10.5. The van der Waals surface area contributed by atoms with Crippen molar-refractivity contribution in [1.82, 2.24) is 0 Å². The minimum Gasteiger partial charge on any atom is -0.475 e. The van der Waals surface area contributed by atoms with E-state index in [2.05, 4.69) is 4.74 Å². The summed E-state index contributed by atoms with van der Waals surface area (Å²) >= 11 is 0. The highest BCUT2D eigenvalue weighted by Crippen LogP contribution is 2.38. The number of hydrogen-bond acceptors (Lipinski definition) is 4. The van der Waals surface area contributed by atoms with Crippen molar-refractivity contribution in [2.45, 2.75) is 19.2 Å². The molecule has 20 heavy (non-hydrogen) atoms. The number of fused-ring (bicyclic) bond motifs is 1. The number of anilines is 1. The van der Waals surface area contributed by atoms with Gasteiger partial charge in [0.25, 0.3) is 0 Å². The maximum atomic E-state index is 13.0. The Balaban J connectivity index is 2.48. The van der Waals surface area contributed by atoms with Gasteiger partial charge in [0.2, 0.25) is 6.10 Å². The molecule has 2 rings (SSSR count). The molecule has 1 atom stereocenters. The molecule has 0 radical (unpaired) electrons. The maximum Gasteiger partial charge on any atom is 0.430 e. The first-order chi connectivity index (χ1) is 9.32. The van der Waals surface area contributed by atoms with E-state index in [9.17, 15) is 18.0 Å². The van der Waals surface area contributed by atoms with Crippen LogP contribution in [-0.2, 0) is 9.53 Å². The third-order valence-corrected chi connectivity index (χ3v) is 2.68.